The minimum atomic E-state index is 0.0118. The maximum Gasteiger partial charge on any atom is 0.225 e. The zero-order chi connectivity index (χ0) is 13.5. The summed E-state index contributed by atoms with van der Waals surface area (Å²) in [6.45, 7) is 1.97. The summed E-state index contributed by atoms with van der Waals surface area (Å²) in [6, 6.07) is 9.51. The predicted octanol–water partition coefficient (Wildman–Crippen LogP) is 2.91. The van der Waals surface area contributed by atoms with Crippen molar-refractivity contribution in [3.63, 3.8) is 0 Å². The first-order chi connectivity index (χ1) is 9.25. The molecule has 0 aliphatic carbocycles. The van der Waals surface area contributed by atoms with E-state index in [1.807, 2.05) is 31.2 Å². The minimum Gasteiger partial charge on any atom is -0.326 e. The van der Waals surface area contributed by atoms with Crippen LogP contribution in [0.5, 0.6) is 0 Å². The number of rotatable bonds is 5. The number of hydrogen-bond acceptors (Lipinski definition) is 4. The van der Waals surface area contributed by atoms with Crippen molar-refractivity contribution in [3.05, 3.63) is 48.3 Å². The summed E-state index contributed by atoms with van der Waals surface area (Å²) in [4.78, 5) is 20.0. The van der Waals surface area contributed by atoms with Gasteiger partial charge in [-0.1, -0.05) is 30.0 Å². The second kappa shape index (κ2) is 6.89. The molecule has 5 heteroatoms. The lowest BCUT2D eigenvalue weighted by atomic mass is 10.2. The number of aromatic nitrogens is 2. The number of benzene rings is 1. The van der Waals surface area contributed by atoms with Crippen molar-refractivity contribution in [2.75, 3.05) is 11.1 Å². The molecule has 1 aromatic carbocycles. The fourth-order valence-electron chi connectivity index (χ4n) is 1.52. The summed E-state index contributed by atoms with van der Waals surface area (Å²) in [5.41, 5.74) is 1.93. The molecule has 0 bridgehead atoms. The van der Waals surface area contributed by atoms with Gasteiger partial charge in [-0.2, -0.15) is 0 Å². The van der Waals surface area contributed by atoms with Gasteiger partial charge in [-0.3, -0.25) is 4.79 Å². The molecule has 1 amide bonds. The number of carbonyl (C=O) groups excluding carboxylic acids is 1. The third kappa shape index (κ3) is 4.37. The van der Waals surface area contributed by atoms with Gasteiger partial charge in [0.25, 0.3) is 0 Å². The molecule has 2 rings (SSSR count). The van der Waals surface area contributed by atoms with E-state index in [1.165, 1.54) is 11.8 Å². The Hall–Kier alpha value is -1.88. The maximum atomic E-state index is 11.8. The largest absolute Gasteiger partial charge is 0.326 e. The molecule has 0 fully saturated rings. The third-order valence-electron chi connectivity index (χ3n) is 2.52. The second-order valence-electron chi connectivity index (χ2n) is 3.99. The highest BCUT2D eigenvalue weighted by Crippen LogP contribution is 2.15. The van der Waals surface area contributed by atoms with Gasteiger partial charge in [-0.05, 0) is 24.6 Å². The van der Waals surface area contributed by atoms with E-state index >= 15 is 0 Å². The smallest absolute Gasteiger partial charge is 0.225 e. The van der Waals surface area contributed by atoms with Crippen molar-refractivity contribution in [2.24, 2.45) is 0 Å². The molecule has 1 N–H and O–H groups in total. The summed E-state index contributed by atoms with van der Waals surface area (Å²) < 4.78 is 0. The van der Waals surface area contributed by atoms with Crippen LogP contribution in [0.1, 0.15) is 12.0 Å². The van der Waals surface area contributed by atoms with Gasteiger partial charge in [-0.25, -0.2) is 9.97 Å². The molecule has 98 valence electrons. The quantitative estimate of drug-likeness (QED) is 0.672. The maximum absolute atomic E-state index is 11.8. The van der Waals surface area contributed by atoms with Crippen molar-refractivity contribution in [1.82, 2.24) is 9.97 Å². The van der Waals surface area contributed by atoms with Crippen molar-refractivity contribution >= 4 is 23.4 Å². The van der Waals surface area contributed by atoms with E-state index in [0.717, 1.165) is 11.3 Å². The van der Waals surface area contributed by atoms with Crippen LogP contribution in [0.4, 0.5) is 5.69 Å². The highest BCUT2D eigenvalue weighted by atomic mass is 32.2. The molecule has 2 aromatic rings. The summed E-state index contributed by atoms with van der Waals surface area (Å²) >= 11 is 1.48. The lowest BCUT2D eigenvalue weighted by molar-refractivity contribution is -0.115. The van der Waals surface area contributed by atoms with Crippen LogP contribution < -0.4 is 5.32 Å². The van der Waals surface area contributed by atoms with Gasteiger partial charge >= 0.3 is 0 Å². The standard InChI is InChI=1S/C14H15N3OS/c1-11-5-2-3-6-12(11)17-13(18)7-10-19-14-15-8-4-9-16-14/h2-6,8-9H,7,10H2,1H3,(H,17,18). The molecule has 0 saturated heterocycles. The number of anilines is 1. The van der Waals surface area contributed by atoms with Crippen LogP contribution in [0.15, 0.2) is 47.9 Å². The van der Waals surface area contributed by atoms with Gasteiger partial charge in [0.15, 0.2) is 5.16 Å². The van der Waals surface area contributed by atoms with Gasteiger partial charge in [0, 0.05) is 30.3 Å². The summed E-state index contributed by atoms with van der Waals surface area (Å²) in [7, 11) is 0. The predicted molar refractivity (Wildman–Crippen MR) is 77.2 cm³/mol. The highest BCUT2D eigenvalue weighted by molar-refractivity contribution is 7.99. The Morgan fingerprint density at radius 2 is 1.95 bits per heavy atom. The Bertz CT molecular complexity index is 545. The molecule has 19 heavy (non-hydrogen) atoms. The molecule has 1 aromatic heterocycles. The number of amides is 1. The molecule has 0 spiro atoms. The van der Waals surface area contributed by atoms with E-state index in [-0.39, 0.29) is 5.91 Å². The van der Waals surface area contributed by atoms with E-state index in [1.54, 1.807) is 18.5 Å². The molecule has 0 aliphatic rings. The van der Waals surface area contributed by atoms with Gasteiger partial charge in [0.1, 0.15) is 0 Å². The Labute approximate surface area is 116 Å². The monoisotopic (exact) mass is 273 g/mol. The van der Waals surface area contributed by atoms with Crippen LogP contribution in [0, 0.1) is 6.92 Å². The van der Waals surface area contributed by atoms with E-state index in [4.69, 9.17) is 0 Å². The average Bonchev–Trinajstić information content (AvgIpc) is 2.43. The first-order valence-corrected chi connectivity index (χ1v) is 6.99. The number of nitrogens with one attached hydrogen (secondary N) is 1. The van der Waals surface area contributed by atoms with E-state index < -0.39 is 0 Å². The molecule has 1 heterocycles. The van der Waals surface area contributed by atoms with Crippen LogP contribution in [-0.2, 0) is 4.79 Å². The molecular weight excluding hydrogens is 258 g/mol. The molecule has 4 nitrogen and oxygen atoms in total. The fraction of sp³-hybridized carbons (Fsp3) is 0.214. The van der Waals surface area contributed by atoms with Crippen molar-refractivity contribution in [1.29, 1.82) is 0 Å². The number of aryl methyl sites for hydroxylation is 1. The fourth-order valence-corrected chi connectivity index (χ4v) is 2.26. The summed E-state index contributed by atoms with van der Waals surface area (Å²) in [6.07, 6.45) is 3.84. The lowest BCUT2D eigenvalue weighted by Gasteiger charge is -2.07. The first-order valence-electron chi connectivity index (χ1n) is 6.01. The lowest BCUT2D eigenvalue weighted by Crippen LogP contribution is -2.13. The minimum absolute atomic E-state index is 0.0118. The Morgan fingerprint density at radius 1 is 1.21 bits per heavy atom. The Kier molecular flexibility index (Phi) is 4.92. The van der Waals surface area contributed by atoms with Gasteiger partial charge in [0.05, 0.1) is 0 Å². The Morgan fingerprint density at radius 3 is 2.68 bits per heavy atom. The third-order valence-corrected chi connectivity index (χ3v) is 3.40. The van der Waals surface area contributed by atoms with Crippen molar-refractivity contribution in [2.45, 2.75) is 18.5 Å². The first kappa shape index (κ1) is 13.5. The van der Waals surface area contributed by atoms with E-state index in [9.17, 15) is 4.79 Å². The van der Waals surface area contributed by atoms with Gasteiger partial charge in [-0.15, -0.1) is 0 Å². The number of hydrogen-bond donors (Lipinski definition) is 1. The van der Waals surface area contributed by atoms with Crippen LogP contribution in [0.25, 0.3) is 0 Å². The molecule has 0 aliphatic heterocycles. The summed E-state index contributed by atoms with van der Waals surface area (Å²) in [5, 5.41) is 3.60. The van der Waals surface area contributed by atoms with E-state index in [0.29, 0.717) is 17.3 Å². The SMILES string of the molecule is Cc1ccccc1NC(=O)CCSc1ncccn1. The number of carbonyl (C=O) groups is 1. The summed E-state index contributed by atoms with van der Waals surface area (Å²) in [5.74, 6) is 0.680. The van der Waals surface area contributed by atoms with Crippen LogP contribution >= 0.6 is 11.8 Å². The van der Waals surface area contributed by atoms with Crippen LogP contribution in [-0.4, -0.2) is 21.6 Å². The van der Waals surface area contributed by atoms with Crippen molar-refractivity contribution in [3.8, 4) is 0 Å². The normalized spacial score (nSPS) is 10.2. The zero-order valence-electron chi connectivity index (χ0n) is 10.7. The topological polar surface area (TPSA) is 54.9 Å². The molecular formula is C14H15N3OS. The van der Waals surface area contributed by atoms with Crippen molar-refractivity contribution < 1.29 is 4.79 Å². The number of nitrogens with zero attached hydrogens (tertiary/aromatic N) is 2. The van der Waals surface area contributed by atoms with Gasteiger partial charge < -0.3 is 5.32 Å². The van der Waals surface area contributed by atoms with Gasteiger partial charge in [0.2, 0.25) is 5.91 Å². The molecule has 0 unspecified atom stereocenters. The number of para-hydroxylation sites is 1. The zero-order valence-corrected chi connectivity index (χ0v) is 11.5. The van der Waals surface area contributed by atoms with Crippen LogP contribution in [0.2, 0.25) is 0 Å². The van der Waals surface area contributed by atoms with Crippen LogP contribution in [0.3, 0.4) is 0 Å². The molecule has 0 atom stereocenters. The molecule has 0 radical (unpaired) electrons. The average molecular weight is 273 g/mol. The molecule has 0 saturated carbocycles. The second-order valence-corrected chi connectivity index (χ2v) is 5.05. The van der Waals surface area contributed by atoms with E-state index in [2.05, 4.69) is 15.3 Å². The number of thioether (sulfide) groups is 1. The Balaban J connectivity index is 1.78. The highest BCUT2D eigenvalue weighted by Gasteiger charge is 2.05.